The largest absolute Gasteiger partial charge is 0.385 e. The van der Waals surface area contributed by atoms with Gasteiger partial charge in [-0.2, -0.15) is 0 Å². The number of nitrogens with two attached hydrogens (primary N) is 1. The normalized spacial score (nSPS) is 11.2. The second-order valence-corrected chi connectivity index (χ2v) is 4.36. The molecule has 0 aliphatic rings. The molecule has 0 saturated carbocycles. The highest BCUT2D eigenvalue weighted by molar-refractivity contribution is 7.17. The molecular formula is C9H12N2S. The van der Waals surface area contributed by atoms with Crippen LogP contribution in [0, 0.1) is 20.8 Å². The van der Waals surface area contributed by atoms with Gasteiger partial charge in [0.05, 0.1) is 0 Å². The van der Waals surface area contributed by atoms with E-state index in [2.05, 4.69) is 24.3 Å². The summed E-state index contributed by atoms with van der Waals surface area (Å²) >= 11 is 1.80. The van der Waals surface area contributed by atoms with E-state index in [1.165, 1.54) is 21.0 Å². The molecule has 0 aliphatic carbocycles. The van der Waals surface area contributed by atoms with Crippen LogP contribution in [-0.4, -0.2) is 4.40 Å². The molecule has 2 N–H and O–H groups in total. The molecule has 0 amide bonds. The summed E-state index contributed by atoms with van der Waals surface area (Å²) in [5.74, 6) is 0.881. The van der Waals surface area contributed by atoms with Crippen molar-refractivity contribution in [1.29, 1.82) is 0 Å². The SMILES string of the molecule is Cc1cc2sc(C)c(C)n2c1N. The molecule has 0 atom stereocenters. The molecule has 3 heteroatoms. The first kappa shape index (κ1) is 7.68. The minimum absolute atomic E-state index is 0.881. The van der Waals surface area contributed by atoms with Gasteiger partial charge in [-0.1, -0.05) is 0 Å². The summed E-state index contributed by atoms with van der Waals surface area (Å²) in [6.07, 6.45) is 0. The Morgan fingerprint density at radius 1 is 1.33 bits per heavy atom. The van der Waals surface area contributed by atoms with Crippen LogP contribution < -0.4 is 5.73 Å². The predicted octanol–water partition coefficient (Wildman–Crippen LogP) is 2.51. The van der Waals surface area contributed by atoms with Gasteiger partial charge >= 0.3 is 0 Å². The highest BCUT2D eigenvalue weighted by Gasteiger charge is 2.09. The number of thiazole rings is 1. The van der Waals surface area contributed by atoms with Crippen LogP contribution in [0.25, 0.3) is 4.83 Å². The van der Waals surface area contributed by atoms with E-state index in [9.17, 15) is 0 Å². The Bertz CT molecular complexity index is 399. The Balaban J connectivity index is 2.94. The quantitative estimate of drug-likeness (QED) is 0.663. The smallest absolute Gasteiger partial charge is 0.111 e. The zero-order valence-corrected chi connectivity index (χ0v) is 8.33. The minimum Gasteiger partial charge on any atom is -0.385 e. The molecule has 0 unspecified atom stereocenters. The Morgan fingerprint density at radius 3 is 2.58 bits per heavy atom. The summed E-state index contributed by atoms with van der Waals surface area (Å²) in [5, 5.41) is 0. The maximum atomic E-state index is 5.92. The molecule has 0 spiro atoms. The summed E-state index contributed by atoms with van der Waals surface area (Å²) in [6, 6.07) is 2.14. The van der Waals surface area contributed by atoms with E-state index in [1.807, 2.05) is 6.92 Å². The molecule has 64 valence electrons. The fourth-order valence-electron chi connectivity index (χ4n) is 1.43. The van der Waals surface area contributed by atoms with Gasteiger partial charge in [0, 0.05) is 10.6 Å². The standard InChI is InChI=1S/C9H12N2S/c1-5-4-8-11(9(5)10)6(2)7(3)12-8/h4H,10H2,1-3H3. The van der Waals surface area contributed by atoms with Gasteiger partial charge in [-0.3, -0.25) is 4.40 Å². The summed E-state index contributed by atoms with van der Waals surface area (Å²) in [5.41, 5.74) is 8.36. The van der Waals surface area contributed by atoms with Gasteiger partial charge in [-0.25, -0.2) is 0 Å². The zero-order chi connectivity index (χ0) is 8.88. The highest BCUT2D eigenvalue weighted by atomic mass is 32.1. The number of nitrogens with zero attached hydrogens (tertiary/aromatic N) is 1. The molecule has 12 heavy (non-hydrogen) atoms. The average Bonchev–Trinajstić information content (AvgIpc) is 2.40. The first-order valence-corrected chi connectivity index (χ1v) is 4.76. The number of aryl methyl sites for hydroxylation is 3. The highest BCUT2D eigenvalue weighted by Crippen LogP contribution is 2.28. The number of anilines is 1. The first-order valence-electron chi connectivity index (χ1n) is 3.95. The number of rotatable bonds is 0. The van der Waals surface area contributed by atoms with Crippen molar-refractivity contribution in [2.45, 2.75) is 20.8 Å². The predicted molar refractivity (Wildman–Crippen MR) is 53.9 cm³/mol. The number of fused-ring (bicyclic) bond motifs is 1. The van der Waals surface area contributed by atoms with Crippen LogP contribution in [0.1, 0.15) is 16.1 Å². The molecule has 0 fully saturated rings. The summed E-state index contributed by atoms with van der Waals surface area (Å²) in [6.45, 7) is 6.28. The van der Waals surface area contributed by atoms with Crippen molar-refractivity contribution in [2.24, 2.45) is 0 Å². The summed E-state index contributed by atoms with van der Waals surface area (Å²) in [7, 11) is 0. The monoisotopic (exact) mass is 180 g/mol. The zero-order valence-electron chi connectivity index (χ0n) is 7.51. The van der Waals surface area contributed by atoms with E-state index in [-0.39, 0.29) is 0 Å². The number of aromatic nitrogens is 1. The molecule has 0 bridgehead atoms. The van der Waals surface area contributed by atoms with Crippen LogP contribution in [0.4, 0.5) is 5.82 Å². The lowest BCUT2D eigenvalue weighted by Gasteiger charge is -1.96. The fourth-order valence-corrected chi connectivity index (χ4v) is 2.54. The molecule has 0 radical (unpaired) electrons. The van der Waals surface area contributed by atoms with Crippen LogP contribution in [0.3, 0.4) is 0 Å². The van der Waals surface area contributed by atoms with Crippen molar-refractivity contribution in [2.75, 3.05) is 5.73 Å². The van der Waals surface area contributed by atoms with Gasteiger partial charge in [0.2, 0.25) is 0 Å². The molecule has 2 heterocycles. The average molecular weight is 180 g/mol. The topological polar surface area (TPSA) is 30.4 Å². The number of nitrogen functional groups attached to an aromatic ring is 1. The summed E-state index contributed by atoms with van der Waals surface area (Å²) < 4.78 is 2.12. The molecule has 0 saturated heterocycles. The third-order valence-electron chi connectivity index (χ3n) is 2.31. The van der Waals surface area contributed by atoms with Crippen LogP contribution in [0.2, 0.25) is 0 Å². The van der Waals surface area contributed by atoms with Crippen molar-refractivity contribution in [1.82, 2.24) is 4.40 Å². The van der Waals surface area contributed by atoms with Gasteiger partial charge in [-0.05, 0) is 32.4 Å². The van der Waals surface area contributed by atoms with Gasteiger partial charge in [0.1, 0.15) is 10.6 Å². The van der Waals surface area contributed by atoms with Crippen LogP contribution in [0.15, 0.2) is 6.07 Å². The Morgan fingerprint density at radius 2 is 2.00 bits per heavy atom. The lowest BCUT2D eigenvalue weighted by molar-refractivity contribution is 1.12. The Labute approximate surface area is 75.6 Å². The van der Waals surface area contributed by atoms with Crippen LogP contribution in [-0.2, 0) is 0 Å². The van der Waals surface area contributed by atoms with Crippen LogP contribution in [0.5, 0.6) is 0 Å². The Hall–Kier alpha value is -0.960. The van der Waals surface area contributed by atoms with Gasteiger partial charge in [-0.15, -0.1) is 11.3 Å². The van der Waals surface area contributed by atoms with Crippen LogP contribution >= 0.6 is 11.3 Å². The molecule has 2 aromatic rings. The molecule has 2 nitrogen and oxygen atoms in total. The minimum atomic E-state index is 0.881. The summed E-state index contributed by atoms with van der Waals surface area (Å²) in [4.78, 5) is 2.59. The molecular weight excluding hydrogens is 168 g/mol. The third kappa shape index (κ3) is 0.799. The van der Waals surface area contributed by atoms with E-state index < -0.39 is 0 Å². The maximum Gasteiger partial charge on any atom is 0.111 e. The van der Waals surface area contributed by atoms with Gasteiger partial charge in [0.25, 0.3) is 0 Å². The van der Waals surface area contributed by atoms with E-state index in [0.29, 0.717) is 0 Å². The lowest BCUT2D eigenvalue weighted by atomic mass is 10.3. The molecule has 2 rings (SSSR count). The second kappa shape index (κ2) is 2.26. The maximum absolute atomic E-state index is 5.92. The molecule has 0 aliphatic heterocycles. The van der Waals surface area contributed by atoms with E-state index in [1.54, 1.807) is 11.3 Å². The van der Waals surface area contributed by atoms with Gasteiger partial charge < -0.3 is 5.73 Å². The van der Waals surface area contributed by atoms with E-state index >= 15 is 0 Å². The van der Waals surface area contributed by atoms with Crippen molar-refractivity contribution in [3.05, 3.63) is 22.2 Å². The van der Waals surface area contributed by atoms with Crippen molar-refractivity contribution < 1.29 is 0 Å². The van der Waals surface area contributed by atoms with E-state index in [0.717, 1.165) is 5.82 Å². The fraction of sp³-hybridized carbons (Fsp3) is 0.333. The van der Waals surface area contributed by atoms with Gasteiger partial charge in [0.15, 0.2) is 0 Å². The molecule has 0 aromatic carbocycles. The second-order valence-electron chi connectivity index (χ2n) is 3.13. The van der Waals surface area contributed by atoms with E-state index in [4.69, 9.17) is 5.73 Å². The number of hydrogen-bond donors (Lipinski definition) is 1. The lowest BCUT2D eigenvalue weighted by Crippen LogP contribution is -1.94. The number of hydrogen-bond acceptors (Lipinski definition) is 2. The Kier molecular flexibility index (Phi) is 1.45. The first-order chi connectivity index (χ1) is 5.61. The van der Waals surface area contributed by atoms with Crippen molar-refractivity contribution >= 4 is 22.0 Å². The van der Waals surface area contributed by atoms with Crippen molar-refractivity contribution in [3.8, 4) is 0 Å². The molecule has 2 aromatic heterocycles. The third-order valence-corrected chi connectivity index (χ3v) is 3.42. The van der Waals surface area contributed by atoms with Crippen molar-refractivity contribution in [3.63, 3.8) is 0 Å².